The largest absolute Gasteiger partial charge is 0.311 e. The average Bonchev–Trinajstić information content (AvgIpc) is 3.25. The number of hydrogen-bond donors (Lipinski definition) is 0. The van der Waals surface area contributed by atoms with Crippen LogP contribution in [0.25, 0.3) is 5.69 Å². The predicted octanol–water partition coefficient (Wildman–Crippen LogP) is 4.93. The van der Waals surface area contributed by atoms with Crippen molar-refractivity contribution in [3.63, 3.8) is 0 Å². The van der Waals surface area contributed by atoms with Gasteiger partial charge < -0.3 is 4.90 Å². The van der Waals surface area contributed by atoms with Crippen LogP contribution < -0.4 is 4.90 Å². The lowest BCUT2D eigenvalue weighted by atomic mass is 10.0. The Balaban J connectivity index is 1.39. The Labute approximate surface area is 192 Å². The summed E-state index contributed by atoms with van der Waals surface area (Å²) in [5.74, 6) is 1.29. The molecule has 3 aromatic carbocycles. The highest BCUT2D eigenvalue weighted by atomic mass is 32.2. The zero-order valence-electron chi connectivity index (χ0n) is 17.7. The number of anilines is 1. The predicted molar refractivity (Wildman–Crippen MR) is 128 cm³/mol. The van der Waals surface area contributed by atoms with E-state index in [1.165, 1.54) is 22.9 Å². The number of aryl methyl sites for hydroxylation is 1. The minimum atomic E-state index is 0.106. The number of carbonyl (C=O) groups excluding carboxylic acids is 1. The van der Waals surface area contributed by atoms with Crippen molar-refractivity contribution in [2.45, 2.75) is 24.4 Å². The number of hydrogen-bond acceptors (Lipinski definition) is 4. The van der Waals surface area contributed by atoms with Crippen molar-refractivity contribution >= 4 is 23.4 Å². The smallest absolute Gasteiger partial charge is 0.237 e. The van der Waals surface area contributed by atoms with Gasteiger partial charge in [-0.05, 0) is 42.2 Å². The number of aromatic nitrogens is 3. The molecule has 160 valence electrons. The van der Waals surface area contributed by atoms with E-state index in [1.54, 1.807) is 0 Å². The van der Waals surface area contributed by atoms with Gasteiger partial charge in [0.15, 0.2) is 5.16 Å². The highest BCUT2D eigenvalue weighted by Gasteiger charge is 2.23. The van der Waals surface area contributed by atoms with Gasteiger partial charge in [0, 0.05) is 24.3 Å². The van der Waals surface area contributed by atoms with Gasteiger partial charge in [0.25, 0.3) is 0 Å². The third kappa shape index (κ3) is 4.32. The molecule has 32 heavy (non-hydrogen) atoms. The molecule has 0 atom stereocenters. The molecule has 0 N–H and O–H groups in total. The van der Waals surface area contributed by atoms with Gasteiger partial charge in [-0.25, -0.2) is 0 Å². The fraction of sp³-hybridized carbons (Fsp3) is 0.192. The molecule has 0 saturated heterocycles. The van der Waals surface area contributed by atoms with Crippen LogP contribution in [0.1, 0.15) is 23.4 Å². The lowest BCUT2D eigenvalue weighted by Gasteiger charge is -2.29. The second kappa shape index (κ2) is 9.40. The lowest BCUT2D eigenvalue weighted by Crippen LogP contribution is -2.36. The van der Waals surface area contributed by atoms with E-state index in [9.17, 15) is 4.79 Å². The monoisotopic (exact) mass is 440 g/mol. The summed E-state index contributed by atoms with van der Waals surface area (Å²) < 4.78 is 2.06. The zero-order chi connectivity index (χ0) is 21.8. The Morgan fingerprint density at radius 2 is 1.59 bits per heavy atom. The molecule has 6 heteroatoms. The topological polar surface area (TPSA) is 51.0 Å². The highest BCUT2D eigenvalue weighted by Crippen LogP contribution is 2.29. The van der Waals surface area contributed by atoms with Crippen LogP contribution in [-0.4, -0.2) is 33.0 Å². The quantitative estimate of drug-likeness (QED) is 0.399. The van der Waals surface area contributed by atoms with Gasteiger partial charge in [-0.2, -0.15) is 0 Å². The maximum Gasteiger partial charge on any atom is 0.237 e. The molecule has 0 unspecified atom stereocenters. The van der Waals surface area contributed by atoms with Crippen molar-refractivity contribution in [2.24, 2.45) is 0 Å². The molecule has 1 aromatic heterocycles. The summed E-state index contributed by atoms with van der Waals surface area (Å²) in [5.41, 5.74) is 4.46. The van der Waals surface area contributed by atoms with Crippen LogP contribution in [-0.2, 0) is 17.6 Å². The average molecular weight is 441 g/mol. The summed E-state index contributed by atoms with van der Waals surface area (Å²) >= 11 is 1.45. The van der Waals surface area contributed by atoms with Gasteiger partial charge in [-0.1, -0.05) is 78.5 Å². The molecule has 5 rings (SSSR count). The first-order chi connectivity index (χ1) is 15.8. The van der Waals surface area contributed by atoms with E-state index >= 15 is 0 Å². The molecule has 0 saturated carbocycles. The van der Waals surface area contributed by atoms with Crippen LogP contribution in [0.15, 0.2) is 90.1 Å². The molecule has 0 fully saturated rings. The minimum absolute atomic E-state index is 0.106. The first-order valence-electron chi connectivity index (χ1n) is 10.8. The Bertz CT molecular complexity index is 1210. The van der Waals surface area contributed by atoms with Gasteiger partial charge in [0.1, 0.15) is 5.82 Å². The Hall–Kier alpha value is -3.38. The van der Waals surface area contributed by atoms with Gasteiger partial charge in [-0.3, -0.25) is 9.36 Å². The molecular formula is C26H24N4OS. The lowest BCUT2D eigenvalue weighted by molar-refractivity contribution is -0.116. The number of fused-ring (bicyclic) bond motifs is 1. The maximum absolute atomic E-state index is 13.1. The summed E-state index contributed by atoms with van der Waals surface area (Å²) in [7, 11) is 0. The normalized spacial score (nSPS) is 13.1. The van der Waals surface area contributed by atoms with E-state index in [0.29, 0.717) is 12.2 Å². The SMILES string of the molecule is O=C(CSc1nnc(Cc2ccccc2)n1-c1ccccc1)N1CCCc2ccccc21. The van der Waals surface area contributed by atoms with Crippen LogP contribution in [0.5, 0.6) is 0 Å². The fourth-order valence-electron chi connectivity index (χ4n) is 4.12. The summed E-state index contributed by atoms with van der Waals surface area (Å²) in [6.07, 6.45) is 2.70. The van der Waals surface area contributed by atoms with Crippen LogP contribution in [0.4, 0.5) is 5.69 Å². The van der Waals surface area contributed by atoms with Gasteiger partial charge in [-0.15, -0.1) is 10.2 Å². The van der Waals surface area contributed by atoms with Crippen molar-refractivity contribution in [1.82, 2.24) is 14.8 Å². The minimum Gasteiger partial charge on any atom is -0.311 e. The maximum atomic E-state index is 13.1. The Morgan fingerprint density at radius 3 is 2.41 bits per heavy atom. The number of nitrogens with zero attached hydrogens (tertiary/aromatic N) is 4. The van der Waals surface area contributed by atoms with E-state index in [0.717, 1.165) is 41.7 Å². The molecule has 4 aromatic rings. The summed E-state index contributed by atoms with van der Waals surface area (Å²) in [6.45, 7) is 0.765. The standard InChI is InChI=1S/C26H24N4OS/c31-25(29-17-9-13-21-12-7-8-16-23(21)29)19-32-26-28-27-24(18-20-10-3-1-4-11-20)30(26)22-14-5-2-6-15-22/h1-8,10-12,14-16H,9,13,17-19H2. The number of benzene rings is 3. The second-order valence-electron chi connectivity index (χ2n) is 7.80. The molecule has 0 spiro atoms. The van der Waals surface area contributed by atoms with Crippen molar-refractivity contribution in [3.8, 4) is 5.69 Å². The number of carbonyl (C=O) groups is 1. The van der Waals surface area contributed by atoms with Gasteiger partial charge in [0.2, 0.25) is 5.91 Å². The molecule has 1 amide bonds. The summed E-state index contributed by atoms with van der Waals surface area (Å²) in [6, 6.07) is 28.6. The van der Waals surface area contributed by atoms with Crippen molar-refractivity contribution in [2.75, 3.05) is 17.2 Å². The van der Waals surface area contributed by atoms with Gasteiger partial charge >= 0.3 is 0 Å². The summed E-state index contributed by atoms with van der Waals surface area (Å²) in [4.78, 5) is 15.0. The number of rotatable bonds is 6. The molecule has 1 aliphatic heterocycles. The fourth-order valence-corrected chi connectivity index (χ4v) is 4.97. The number of para-hydroxylation sites is 2. The second-order valence-corrected chi connectivity index (χ2v) is 8.74. The molecule has 1 aliphatic rings. The zero-order valence-corrected chi connectivity index (χ0v) is 18.5. The van der Waals surface area contributed by atoms with Crippen molar-refractivity contribution in [3.05, 3.63) is 102 Å². The third-order valence-electron chi connectivity index (χ3n) is 5.66. The van der Waals surface area contributed by atoms with E-state index < -0.39 is 0 Å². The van der Waals surface area contributed by atoms with E-state index in [-0.39, 0.29) is 5.91 Å². The molecule has 2 heterocycles. The summed E-state index contributed by atoms with van der Waals surface area (Å²) in [5, 5.41) is 9.67. The van der Waals surface area contributed by atoms with Crippen LogP contribution in [0, 0.1) is 0 Å². The molecule has 0 aliphatic carbocycles. The van der Waals surface area contributed by atoms with Crippen LogP contribution in [0.3, 0.4) is 0 Å². The Morgan fingerprint density at radius 1 is 0.875 bits per heavy atom. The number of thioether (sulfide) groups is 1. The first kappa shape index (κ1) is 20.5. The van der Waals surface area contributed by atoms with Crippen LogP contribution in [0.2, 0.25) is 0 Å². The molecular weight excluding hydrogens is 416 g/mol. The van der Waals surface area contributed by atoms with E-state index in [1.807, 2.05) is 71.6 Å². The third-order valence-corrected chi connectivity index (χ3v) is 6.57. The molecule has 5 nitrogen and oxygen atoms in total. The Kier molecular flexibility index (Phi) is 6.03. The van der Waals surface area contributed by atoms with E-state index in [4.69, 9.17) is 0 Å². The molecule has 0 radical (unpaired) electrons. The highest BCUT2D eigenvalue weighted by molar-refractivity contribution is 7.99. The number of amides is 1. The molecule has 0 bridgehead atoms. The van der Waals surface area contributed by atoms with Gasteiger partial charge in [0.05, 0.1) is 5.75 Å². The van der Waals surface area contributed by atoms with E-state index in [2.05, 4.69) is 33.0 Å². The van der Waals surface area contributed by atoms with Crippen molar-refractivity contribution in [1.29, 1.82) is 0 Å². The van der Waals surface area contributed by atoms with Crippen LogP contribution >= 0.6 is 11.8 Å². The van der Waals surface area contributed by atoms with Crippen molar-refractivity contribution < 1.29 is 4.79 Å². The first-order valence-corrected chi connectivity index (χ1v) is 11.8.